The molecule has 0 bridgehead atoms. The Morgan fingerprint density at radius 2 is 0.466 bits per heavy atom. The summed E-state index contributed by atoms with van der Waals surface area (Å²) in [5.74, 6) is 0. The molecular weight excluding hydrogens is 1400 g/mol. The Morgan fingerprint density at radius 3 is 0.940 bits per heavy atom. The molecule has 2 aliphatic rings. The van der Waals surface area contributed by atoms with Crippen LogP contribution in [0.25, 0.3) is 121 Å². The summed E-state index contributed by atoms with van der Waals surface area (Å²) in [6, 6.07) is 172. The smallest absolute Gasteiger partial charge is 0.0713 e. The molecule has 0 spiro atoms. The van der Waals surface area contributed by atoms with Gasteiger partial charge in [0.15, 0.2) is 0 Å². The van der Waals surface area contributed by atoms with Crippen LogP contribution in [0.5, 0.6) is 0 Å². The molecule has 0 fully saturated rings. The summed E-state index contributed by atoms with van der Waals surface area (Å²) < 4.78 is 0. The molecule has 0 atom stereocenters. The molecular formula is C114H76N2. The number of benzene rings is 20. The molecule has 20 aromatic rings. The Kier molecular flexibility index (Phi) is 16.4. The zero-order chi connectivity index (χ0) is 76.7. The Morgan fingerprint density at radius 1 is 0.155 bits per heavy atom. The fraction of sp³-hybridized carbons (Fsp3) is 0.0175. The van der Waals surface area contributed by atoms with Gasteiger partial charge in [-0.05, 0) is 193 Å². The van der Waals surface area contributed by atoms with E-state index in [1.54, 1.807) is 0 Å². The maximum atomic E-state index is 2.57. The van der Waals surface area contributed by atoms with Crippen molar-refractivity contribution in [2.24, 2.45) is 0 Å². The van der Waals surface area contributed by atoms with E-state index >= 15 is 0 Å². The lowest BCUT2D eigenvalue weighted by molar-refractivity contribution is 0.768. The van der Waals surface area contributed by atoms with Crippen molar-refractivity contribution in [3.05, 3.63) is 506 Å². The van der Waals surface area contributed by atoms with Crippen LogP contribution < -0.4 is 9.80 Å². The summed E-state index contributed by atoms with van der Waals surface area (Å²) in [6.45, 7) is 0. The molecule has 0 aliphatic heterocycles. The fourth-order valence-corrected chi connectivity index (χ4v) is 19.9. The molecule has 0 unspecified atom stereocenters. The Labute approximate surface area is 676 Å². The number of hydrogen-bond donors (Lipinski definition) is 0. The summed E-state index contributed by atoms with van der Waals surface area (Å²) in [5.41, 5.74) is 31.8. The van der Waals surface area contributed by atoms with E-state index in [9.17, 15) is 0 Å². The molecule has 0 amide bonds. The van der Waals surface area contributed by atoms with Crippen LogP contribution in [0.3, 0.4) is 0 Å². The number of fused-ring (bicyclic) bond motifs is 12. The van der Waals surface area contributed by atoms with Gasteiger partial charge in [-0.15, -0.1) is 0 Å². The first-order valence-electron chi connectivity index (χ1n) is 40.3. The molecule has 542 valence electrons. The molecule has 0 heterocycles. The van der Waals surface area contributed by atoms with Crippen molar-refractivity contribution in [3.63, 3.8) is 0 Å². The summed E-state index contributed by atoms with van der Waals surface area (Å²) in [4.78, 5) is 5.11. The zero-order valence-electron chi connectivity index (χ0n) is 63.8. The fourth-order valence-electron chi connectivity index (χ4n) is 19.9. The van der Waals surface area contributed by atoms with E-state index in [1.807, 2.05) is 0 Å². The van der Waals surface area contributed by atoms with Gasteiger partial charge < -0.3 is 9.80 Å². The second-order valence-electron chi connectivity index (χ2n) is 30.8. The molecule has 2 aliphatic carbocycles. The Hall–Kier alpha value is -15.0. The number of para-hydroxylation sites is 1. The lowest BCUT2D eigenvalue weighted by atomic mass is 9.67. The molecule has 2 nitrogen and oxygen atoms in total. The van der Waals surface area contributed by atoms with Gasteiger partial charge >= 0.3 is 0 Å². The molecule has 0 saturated carbocycles. The van der Waals surface area contributed by atoms with Gasteiger partial charge in [0.1, 0.15) is 0 Å². The van der Waals surface area contributed by atoms with Crippen LogP contribution in [0, 0.1) is 0 Å². The third-order valence-electron chi connectivity index (χ3n) is 24.8. The lowest BCUT2D eigenvalue weighted by Crippen LogP contribution is -2.28. The van der Waals surface area contributed by atoms with E-state index < -0.39 is 10.8 Å². The van der Waals surface area contributed by atoms with Crippen molar-refractivity contribution in [1.29, 1.82) is 0 Å². The largest absolute Gasteiger partial charge is 0.309 e. The molecule has 2 heteroatoms. The van der Waals surface area contributed by atoms with Crippen molar-refractivity contribution in [2.75, 3.05) is 9.80 Å². The Balaban J connectivity index is 0.728. The first-order valence-corrected chi connectivity index (χ1v) is 40.3. The summed E-state index contributed by atoms with van der Waals surface area (Å²) in [6.07, 6.45) is 0. The topological polar surface area (TPSA) is 6.48 Å². The van der Waals surface area contributed by atoms with Crippen LogP contribution in [-0.2, 0) is 10.8 Å². The highest BCUT2D eigenvalue weighted by Gasteiger charge is 2.48. The van der Waals surface area contributed by atoms with E-state index in [-0.39, 0.29) is 0 Å². The van der Waals surface area contributed by atoms with Crippen molar-refractivity contribution in [2.45, 2.75) is 10.8 Å². The van der Waals surface area contributed by atoms with Crippen molar-refractivity contribution in [3.8, 4) is 77.9 Å². The minimum Gasteiger partial charge on any atom is -0.309 e. The van der Waals surface area contributed by atoms with E-state index in [2.05, 4.69) is 471 Å². The number of rotatable bonds is 15. The Bertz CT molecular complexity index is 7080. The maximum absolute atomic E-state index is 2.57. The molecule has 0 N–H and O–H groups in total. The molecule has 0 saturated heterocycles. The van der Waals surface area contributed by atoms with E-state index in [1.165, 1.54) is 105 Å². The second-order valence-corrected chi connectivity index (χ2v) is 30.8. The third-order valence-corrected chi connectivity index (χ3v) is 24.8. The molecule has 116 heavy (non-hydrogen) atoms. The standard InChI is InChI=1S/C114H76N2/c1-6-34-77(35-7-1)91-48-26-31-63-108(91)116(89-71-67-87(68-72-89)114(85-45-14-5-15-46-85)106-61-29-24-54-98(106)99-55-25-30-62-107(99)114)112-102-58-21-18-51-94(102)95-73-64-83(76-103(95)110(112)79-38-10-3-11-39-79)81-41-32-40-80(74-81)82-42-33-47-90(75-82)115(111-101-57-20-17-50-93(101)92-49-16-19-56-100(92)109(111)78-36-8-2-9-37-78)88-69-65-86(66-70-88)113(84-43-12-4-13-44-84)104-59-27-22-52-96(104)97-53-23-28-60-105(97)113/h1-76H. The molecule has 20 aromatic carbocycles. The van der Waals surface area contributed by atoms with E-state index in [4.69, 9.17) is 0 Å². The molecule has 0 aromatic heterocycles. The quantitative estimate of drug-likeness (QED) is 0.0944. The summed E-state index contributed by atoms with van der Waals surface area (Å²) in [5, 5.41) is 9.44. The van der Waals surface area contributed by atoms with Gasteiger partial charge in [0.2, 0.25) is 0 Å². The highest BCUT2D eigenvalue weighted by atomic mass is 15.2. The second kappa shape index (κ2) is 28.0. The summed E-state index contributed by atoms with van der Waals surface area (Å²) in [7, 11) is 0. The average Bonchev–Trinajstić information content (AvgIpc) is 1.43. The van der Waals surface area contributed by atoms with Crippen molar-refractivity contribution in [1.82, 2.24) is 0 Å². The van der Waals surface area contributed by atoms with Gasteiger partial charge in [-0.3, -0.25) is 0 Å². The van der Waals surface area contributed by atoms with E-state index in [0.717, 1.165) is 95.0 Å². The number of nitrogens with zero attached hydrogens (tertiary/aromatic N) is 2. The first-order chi connectivity index (χ1) is 57.6. The highest BCUT2D eigenvalue weighted by molar-refractivity contribution is 6.25. The van der Waals surface area contributed by atoms with E-state index in [0.29, 0.717) is 0 Å². The normalized spacial score (nSPS) is 12.8. The third kappa shape index (κ3) is 10.7. The first kappa shape index (κ1) is 67.9. The SMILES string of the molecule is c1ccc(-c2ccccc2N(c2ccc(C3(c4ccccc4)c4ccccc4-c4ccccc43)cc2)c2c(-c3ccccc3)c3cc(-c4cccc(-c5cccc(N(c6ccc(C7(c8ccccc8)c8ccccc8-c8ccccc87)cc6)c6c(-c7ccccc7)c7ccccc7c7ccccc67)c5)c4)ccc3c3ccccc23)cc1. The maximum Gasteiger partial charge on any atom is 0.0713 e. The van der Waals surface area contributed by atoms with Gasteiger partial charge in [-0.1, -0.05) is 406 Å². The van der Waals surface area contributed by atoms with Crippen LogP contribution in [0.1, 0.15) is 44.5 Å². The van der Waals surface area contributed by atoms with Crippen LogP contribution in [0.4, 0.5) is 34.1 Å². The van der Waals surface area contributed by atoms with Gasteiger partial charge in [-0.2, -0.15) is 0 Å². The van der Waals surface area contributed by atoms with Crippen LogP contribution in [0.2, 0.25) is 0 Å². The minimum atomic E-state index is -0.570. The van der Waals surface area contributed by atoms with Crippen LogP contribution in [0.15, 0.2) is 461 Å². The predicted molar refractivity (Wildman–Crippen MR) is 488 cm³/mol. The zero-order valence-corrected chi connectivity index (χ0v) is 63.8. The van der Waals surface area contributed by atoms with Crippen LogP contribution in [-0.4, -0.2) is 0 Å². The highest BCUT2D eigenvalue weighted by Crippen LogP contribution is 2.60. The van der Waals surface area contributed by atoms with Crippen molar-refractivity contribution < 1.29 is 0 Å². The van der Waals surface area contributed by atoms with Gasteiger partial charge in [0, 0.05) is 44.5 Å². The van der Waals surface area contributed by atoms with Gasteiger partial charge in [0.05, 0.1) is 27.9 Å². The molecule has 0 radical (unpaired) electrons. The lowest BCUT2D eigenvalue weighted by Gasteiger charge is -2.35. The molecule has 22 rings (SSSR count). The number of hydrogen-bond acceptors (Lipinski definition) is 2. The number of anilines is 6. The monoisotopic (exact) mass is 1470 g/mol. The van der Waals surface area contributed by atoms with Gasteiger partial charge in [0.25, 0.3) is 0 Å². The minimum absolute atomic E-state index is 0.564. The summed E-state index contributed by atoms with van der Waals surface area (Å²) >= 11 is 0. The van der Waals surface area contributed by atoms with Crippen molar-refractivity contribution >= 4 is 77.2 Å². The van der Waals surface area contributed by atoms with Gasteiger partial charge in [-0.25, -0.2) is 0 Å². The predicted octanol–water partition coefficient (Wildman–Crippen LogP) is 30.3. The van der Waals surface area contributed by atoms with Crippen LogP contribution >= 0.6 is 0 Å². The average molecular weight is 1470 g/mol.